The Morgan fingerprint density at radius 3 is 2.50 bits per heavy atom. The molecule has 8 nitrogen and oxygen atoms in total. The zero-order chi connectivity index (χ0) is 19.9. The molecule has 8 heteroatoms. The van der Waals surface area contributed by atoms with E-state index in [1.165, 1.54) is 17.7 Å². The maximum absolute atomic E-state index is 12.2. The van der Waals surface area contributed by atoms with Crippen molar-refractivity contribution >= 4 is 12.0 Å². The number of likely N-dealkylation sites (tertiary alicyclic amines) is 1. The number of piperidine rings is 1. The number of nitrogens with zero attached hydrogens (tertiary/aromatic N) is 3. The summed E-state index contributed by atoms with van der Waals surface area (Å²) in [7, 11) is 0. The number of hydrogen-bond donors (Lipinski definition) is 2. The number of hydrogen-bond acceptors (Lipinski definition) is 6. The minimum absolute atomic E-state index is 0.162. The van der Waals surface area contributed by atoms with Crippen molar-refractivity contribution in [2.24, 2.45) is 5.92 Å². The molecule has 28 heavy (non-hydrogen) atoms. The highest BCUT2D eigenvalue weighted by atomic mass is 16.6. The Morgan fingerprint density at radius 2 is 1.86 bits per heavy atom. The normalized spacial score (nSPS) is 14.5. The molecule has 0 aliphatic carbocycles. The second kappa shape index (κ2) is 9.16. The summed E-state index contributed by atoms with van der Waals surface area (Å²) >= 11 is 0. The molecule has 1 aliphatic rings. The van der Waals surface area contributed by atoms with Crippen molar-refractivity contribution in [2.75, 3.05) is 19.6 Å². The summed E-state index contributed by atoms with van der Waals surface area (Å²) in [4.78, 5) is 26.0. The lowest BCUT2D eigenvalue weighted by Gasteiger charge is -2.31. The van der Waals surface area contributed by atoms with Gasteiger partial charge in [-0.1, -0.05) is 29.8 Å². The third kappa shape index (κ3) is 5.42. The van der Waals surface area contributed by atoms with Crippen molar-refractivity contribution in [1.82, 2.24) is 20.4 Å². The van der Waals surface area contributed by atoms with Crippen LogP contribution in [0.15, 0.2) is 36.4 Å². The van der Waals surface area contributed by atoms with Gasteiger partial charge in [0.05, 0.1) is 0 Å². The fourth-order valence-electron chi connectivity index (χ4n) is 3.01. The Hall–Kier alpha value is -3.16. The summed E-state index contributed by atoms with van der Waals surface area (Å²) in [5, 5.41) is 19.0. The van der Waals surface area contributed by atoms with E-state index in [1.807, 2.05) is 31.2 Å². The van der Waals surface area contributed by atoms with Crippen molar-refractivity contribution in [1.29, 1.82) is 0 Å². The number of nitrogens with one attached hydrogen (secondary N) is 1. The Labute approximate surface area is 163 Å². The van der Waals surface area contributed by atoms with Gasteiger partial charge in [-0.3, -0.25) is 4.79 Å². The zero-order valence-electron chi connectivity index (χ0n) is 15.8. The van der Waals surface area contributed by atoms with E-state index >= 15 is 0 Å². The predicted octanol–water partition coefficient (Wildman–Crippen LogP) is 2.27. The molecule has 2 amide bonds. The number of carbonyl (C=O) groups excluding carboxylic acids is 2. The van der Waals surface area contributed by atoms with Crippen molar-refractivity contribution in [3.8, 4) is 5.88 Å². The molecule has 1 saturated heterocycles. The van der Waals surface area contributed by atoms with Gasteiger partial charge in [0.15, 0.2) is 5.69 Å². The second-order valence-electron chi connectivity index (χ2n) is 6.96. The van der Waals surface area contributed by atoms with Gasteiger partial charge in [0.2, 0.25) is 5.88 Å². The number of aryl methyl sites for hydroxylation is 1. The van der Waals surface area contributed by atoms with Crippen LogP contribution < -0.4 is 5.32 Å². The third-order valence-electron chi connectivity index (χ3n) is 4.79. The number of aromatic nitrogens is 2. The number of amides is 2. The molecule has 2 aromatic rings. The molecule has 0 bridgehead atoms. The Morgan fingerprint density at radius 1 is 1.14 bits per heavy atom. The standard InChI is InChI=1S/C20H24N4O4/c1-14-2-4-16(5-3-14)13-28-20(27)24-10-8-15(9-11-24)12-21-19(26)17-6-7-18(25)23-22-17/h2-7,15H,8-13H2,1H3,(H,21,26)(H,23,25). The molecule has 1 aliphatic heterocycles. The van der Waals surface area contributed by atoms with E-state index in [2.05, 4.69) is 15.5 Å². The molecule has 0 saturated carbocycles. The van der Waals surface area contributed by atoms with Crippen LogP contribution in [0.25, 0.3) is 0 Å². The number of carbonyl (C=O) groups is 2. The molecule has 148 valence electrons. The maximum atomic E-state index is 12.2. The molecular weight excluding hydrogens is 360 g/mol. The summed E-state index contributed by atoms with van der Waals surface area (Å²) in [6.07, 6.45) is 1.28. The monoisotopic (exact) mass is 384 g/mol. The molecule has 0 atom stereocenters. The van der Waals surface area contributed by atoms with Crippen LogP contribution in [0.2, 0.25) is 0 Å². The Kier molecular flexibility index (Phi) is 6.41. The fourth-order valence-corrected chi connectivity index (χ4v) is 3.01. The van der Waals surface area contributed by atoms with Gasteiger partial charge < -0.3 is 20.1 Å². The number of aromatic hydroxyl groups is 1. The third-order valence-corrected chi connectivity index (χ3v) is 4.79. The van der Waals surface area contributed by atoms with E-state index < -0.39 is 0 Å². The number of ether oxygens (including phenoxy) is 1. The van der Waals surface area contributed by atoms with Gasteiger partial charge in [0.25, 0.3) is 5.91 Å². The van der Waals surface area contributed by atoms with Crippen LogP contribution >= 0.6 is 0 Å². The lowest BCUT2D eigenvalue weighted by atomic mass is 9.97. The van der Waals surface area contributed by atoms with Crippen LogP contribution in [0.5, 0.6) is 5.88 Å². The largest absolute Gasteiger partial charge is 0.492 e. The molecule has 2 N–H and O–H groups in total. The van der Waals surface area contributed by atoms with Gasteiger partial charge >= 0.3 is 6.09 Å². The average Bonchev–Trinajstić information content (AvgIpc) is 2.72. The summed E-state index contributed by atoms with van der Waals surface area (Å²) in [5.74, 6) is -0.263. The van der Waals surface area contributed by atoms with Gasteiger partial charge in [0.1, 0.15) is 6.61 Å². The van der Waals surface area contributed by atoms with E-state index in [-0.39, 0.29) is 36.1 Å². The van der Waals surface area contributed by atoms with Gasteiger partial charge in [0, 0.05) is 25.7 Å². The van der Waals surface area contributed by atoms with E-state index in [0.717, 1.165) is 18.4 Å². The molecule has 1 fully saturated rings. The SMILES string of the molecule is Cc1ccc(COC(=O)N2CCC(CNC(=O)c3ccc(O)nn3)CC2)cc1. The van der Waals surface area contributed by atoms with Crippen LogP contribution in [-0.4, -0.2) is 51.8 Å². The first kappa shape index (κ1) is 19.6. The van der Waals surface area contributed by atoms with E-state index in [1.54, 1.807) is 4.90 Å². The highest BCUT2D eigenvalue weighted by Crippen LogP contribution is 2.18. The average molecular weight is 384 g/mol. The molecule has 0 radical (unpaired) electrons. The highest BCUT2D eigenvalue weighted by Gasteiger charge is 2.24. The topological polar surface area (TPSA) is 105 Å². The van der Waals surface area contributed by atoms with Gasteiger partial charge in [-0.25, -0.2) is 4.79 Å². The maximum Gasteiger partial charge on any atom is 0.410 e. The quantitative estimate of drug-likeness (QED) is 0.819. The molecule has 1 aromatic heterocycles. The first-order valence-corrected chi connectivity index (χ1v) is 9.29. The summed E-state index contributed by atoms with van der Waals surface area (Å²) in [5.41, 5.74) is 2.30. The number of benzene rings is 1. The van der Waals surface area contributed by atoms with Gasteiger partial charge in [-0.05, 0) is 37.3 Å². The summed E-state index contributed by atoms with van der Waals surface area (Å²) in [6.45, 7) is 4.00. The lowest BCUT2D eigenvalue weighted by Crippen LogP contribution is -2.41. The summed E-state index contributed by atoms with van der Waals surface area (Å²) in [6, 6.07) is 10.6. The Bertz CT molecular complexity index is 800. The van der Waals surface area contributed by atoms with Crippen LogP contribution in [0, 0.1) is 12.8 Å². The van der Waals surface area contributed by atoms with E-state index in [9.17, 15) is 9.59 Å². The first-order chi connectivity index (χ1) is 13.5. The highest BCUT2D eigenvalue weighted by molar-refractivity contribution is 5.92. The van der Waals surface area contributed by atoms with Crippen molar-refractivity contribution in [3.63, 3.8) is 0 Å². The minimum Gasteiger partial charge on any atom is -0.492 e. The van der Waals surface area contributed by atoms with E-state index in [0.29, 0.717) is 19.6 Å². The van der Waals surface area contributed by atoms with Crippen molar-refractivity contribution in [2.45, 2.75) is 26.4 Å². The van der Waals surface area contributed by atoms with Crippen LogP contribution in [0.3, 0.4) is 0 Å². The molecule has 1 aromatic carbocycles. The van der Waals surface area contributed by atoms with Crippen LogP contribution in [-0.2, 0) is 11.3 Å². The smallest absolute Gasteiger partial charge is 0.410 e. The first-order valence-electron chi connectivity index (χ1n) is 9.29. The molecule has 2 heterocycles. The van der Waals surface area contributed by atoms with E-state index in [4.69, 9.17) is 9.84 Å². The van der Waals surface area contributed by atoms with Crippen LogP contribution in [0.4, 0.5) is 4.79 Å². The van der Waals surface area contributed by atoms with Crippen molar-refractivity contribution in [3.05, 3.63) is 53.2 Å². The lowest BCUT2D eigenvalue weighted by molar-refractivity contribution is 0.0799. The molecule has 0 spiro atoms. The number of rotatable bonds is 5. The predicted molar refractivity (Wildman–Crippen MR) is 102 cm³/mol. The minimum atomic E-state index is -0.326. The van der Waals surface area contributed by atoms with Gasteiger partial charge in [-0.2, -0.15) is 0 Å². The zero-order valence-corrected chi connectivity index (χ0v) is 15.8. The summed E-state index contributed by atoms with van der Waals surface area (Å²) < 4.78 is 5.39. The Balaban J connectivity index is 1.37. The molecule has 0 unspecified atom stereocenters. The van der Waals surface area contributed by atoms with Crippen molar-refractivity contribution < 1.29 is 19.4 Å². The second-order valence-corrected chi connectivity index (χ2v) is 6.96. The molecular formula is C20H24N4O4. The fraction of sp³-hybridized carbons (Fsp3) is 0.400. The van der Waals surface area contributed by atoms with Gasteiger partial charge in [-0.15, -0.1) is 10.2 Å². The molecule has 3 rings (SSSR count). The van der Waals surface area contributed by atoms with Crippen LogP contribution in [0.1, 0.15) is 34.5 Å².